The van der Waals surface area contributed by atoms with Crippen LogP contribution in [0.3, 0.4) is 0 Å². The van der Waals surface area contributed by atoms with Gasteiger partial charge in [-0.3, -0.25) is 0 Å². The molecular weight excluding hydrogens is 284 g/mol. The summed E-state index contributed by atoms with van der Waals surface area (Å²) in [4.78, 5) is 0. The van der Waals surface area contributed by atoms with Crippen LogP contribution >= 0.6 is 15.9 Å². The van der Waals surface area contributed by atoms with Crippen molar-refractivity contribution in [3.05, 3.63) is 22.2 Å². The van der Waals surface area contributed by atoms with Crippen molar-refractivity contribution in [3.63, 3.8) is 0 Å². The van der Waals surface area contributed by atoms with Crippen LogP contribution in [0.4, 0.5) is 0 Å². The molecule has 1 rings (SSSR count). The van der Waals surface area contributed by atoms with Crippen LogP contribution in [0.15, 0.2) is 21.7 Å². The molecule has 0 saturated heterocycles. The summed E-state index contributed by atoms with van der Waals surface area (Å²) in [6.45, 7) is 2.62. The quantitative estimate of drug-likeness (QED) is 0.392. The lowest BCUT2D eigenvalue weighted by Gasteiger charge is -2.12. The Labute approximate surface area is 109 Å². The highest BCUT2D eigenvalue weighted by molar-refractivity contribution is 9.10. The summed E-state index contributed by atoms with van der Waals surface area (Å²) < 4.78 is 11.7. The molecule has 0 aliphatic rings. The molecule has 4 nitrogen and oxygen atoms in total. The van der Waals surface area contributed by atoms with Gasteiger partial charge in [0.05, 0.1) is 12.8 Å². The number of terminal acetylenes is 1. The number of nitrogens with zero attached hydrogens (tertiary/aromatic N) is 1. The first-order chi connectivity index (χ1) is 8.22. The molecule has 0 fully saturated rings. The van der Waals surface area contributed by atoms with Gasteiger partial charge < -0.3 is 15.3 Å². The van der Waals surface area contributed by atoms with Gasteiger partial charge >= 0.3 is 0 Å². The van der Waals surface area contributed by atoms with Crippen molar-refractivity contribution in [3.8, 4) is 23.8 Å². The zero-order chi connectivity index (χ0) is 12.7. The number of ether oxygens (including phenoxy) is 2. The molecule has 1 aromatic carbocycles. The van der Waals surface area contributed by atoms with Crippen LogP contribution in [0.5, 0.6) is 11.5 Å². The maximum atomic E-state index is 5.46. The number of benzene rings is 1. The van der Waals surface area contributed by atoms with Gasteiger partial charge in [-0.1, -0.05) is 5.92 Å². The van der Waals surface area contributed by atoms with E-state index in [4.69, 9.17) is 21.7 Å². The number of rotatable bonds is 5. The summed E-state index contributed by atoms with van der Waals surface area (Å²) in [5.41, 5.74) is 0.809. The smallest absolute Gasteiger partial charge is 0.163 e. The van der Waals surface area contributed by atoms with Gasteiger partial charge in [-0.25, -0.2) is 0 Å². The number of halogens is 1. The zero-order valence-electron chi connectivity index (χ0n) is 9.44. The van der Waals surface area contributed by atoms with E-state index in [1.54, 1.807) is 12.1 Å². The first kappa shape index (κ1) is 13.4. The van der Waals surface area contributed by atoms with E-state index < -0.39 is 0 Å². The molecular formula is C12H13BrN2O2. The van der Waals surface area contributed by atoms with Gasteiger partial charge in [0, 0.05) is 10.0 Å². The van der Waals surface area contributed by atoms with E-state index in [9.17, 15) is 0 Å². The van der Waals surface area contributed by atoms with Crippen molar-refractivity contribution in [1.29, 1.82) is 0 Å². The number of hydrazone groups is 1. The molecule has 0 heterocycles. The second-order valence-electron chi connectivity index (χ2n) is 3.02. The normalized spacial score (nSPS) is 10.2. The summed E-state index contributed by atoms with van der Waals surface area (Å²) in [5, 5.41) is 3.48. The number of hydrogen-bond donors (Lipinski definition) is 1. The minimum Gasteiger partial charge on any atom is -0.490 e. The van der Waals surface area contributed by atoms with E-state index in [0.29, 0.717) is 18.1 Å². The van der Waals surface area contributed by atoms with Crippen molar-refractivity contribution in [2.45, 2.75) is 6.92 Å². The highest BCUT2D eigenvalue weighted by Gasteiger charge is 2.09. The van der Waals surface area contributed by atoms with Gasteiger partial charge in [0.15, 0.2) is 11.5 Å². The molecule has 0 bridgehead atoms. The fourth-order valence-electron chi connectivity index (χ4n) is 1.23. The minimum atomic E-state index is 0.191. The Kier molecular flexibility index (Phi) is 5.37. The third-order valence-electron chi connectivity index (χ3n) is 1.89. The lowest BCUT2D eigenvalue weighted by atomic mass is 10.2. The average Bonchev–Trinajstić information content (AvgIpc) is 2.32. The Morgan fingerprint density at radius 2 is 2.18 bits per heavy atom. The second kappa shape index (κ2) is 6.81. The lowest BCUT2D eigenvalue weighted by molar-refractivity contribution is 0.299. The third-order valence-corrected chi connectivity index (χ3v) is 2.57. The highest BCUT2D eigenvalue weighted by atomic mass is 79.9. The maximum Gasteiger partial charge on any atom is 0.163 e. The fraction of sp³-hybridized carbons (Fsp3) is 0.250. The second-order valence-corrected chi connectivity index (χ2v) is 3.88. The topological polar surface area (TPSA) is 56.8 Å². The minimum absolute atomic E-state index is 0.191. The highest BCUT2D eigenvalue weighted by Crippen LogP contribution is 2.33. The molecule has 5 heteroatoms. The number of hydrogen-bond acceptors (Lipinski definition) is 4. The molecule has 0 unspecified atom stereocenters. The third kappa shape index (κ3) is 3.68. The van der Waals surface area contributed by atoms with E-state index in [-0.39, 0.29) is 6.61 Å². The monoisotopic (exact) mass is 296 g/mol. The molecule has 17 heavy (non-hydrogen) atoms. The van der Waals surface area contributed by atoms with E-state index in [0.717, 1.165) is 10.0 Å². The zero-order valence-corrected chi connectivity index (χ0v) is 11.0. The van der Waals surface area contributed by atoms with Gasteiger partial charge in [0.1, 0.15) is 6.61 Å². The van der Waals surface area contributed by atoms with E-state index in [1.165, 1.54) is 6.21 Å². The summed E-state index contributed by atoms with van der Waals surface area (Å²) >= 11 is 3.39. The average molecular weight is 297 g/mol. The van der Waals surface area contributed by atoms with Crippen LogP contribution in [-0.4, -0.2) is 19.4 Å². The Bertz CT molecular complexity index is 453. The van der Waals surface area contributed by atoms with Gasteiger partial charge in [0.2, 0.25) is 0 Å². The standard InChI is InChI=1S/C12H13BrN2O2/c1-3-5-17-12-7-10(13)9(8-15-14)6-11(12)16-4-2/h1,6-8H,4-5,14H2,2H3. The van der Waals surface area contributed by atoms with Crippen LogP contribution in [0.25, 0.3) is 0 Å². The fourth-order valence-corrected chi connectivity index (χ4v) is 1.66. The summed E-state index contributed by atoms with van der Waals surface area (Å²) in [7, 11) is 0. The Morgan fingerprint density at radius 3 is 2.76 bits per heavy atom. The summed E-state index contributed by atoms with van der Waals surface area (Å²) in [6.07, 6.45) is 6.68. The molecule has 0 spiro atoms. The van der Waals surface area contributed by atoms with Gasteiger partial charge in [-0.2, -0.15) is 5.10 Å². The SMILES string of the molecule is C#CCOc1cc(Br)c(C=NN)cc1OCC. The van der Waals surface area contributed by atoms with E-state index in [2.05, 4.69) is 27.0 Å². The van der Waals surface area contributed by atoms with Crippen LogP contribution < -0.4 is 15.3 Å². The molecule has 0 aromatic heterocycles. The maximum absolute atomic E-state index is 5.46. The van der Waals surface area contributed by atoms with Crippen LogP contribution in [0, 0.1) is 12.3 Å². The molecule has 90 valence electrons. The molecule has 0 saturated carbocycles. The van der Waals surface area contributed by atoms with Crippen molar-refractivity contribution < 1.29 is 9.47 Å². The Balaban J connectivity index is 3.11. The molecule has 0 aliphatic carbocycles. The Morgan fingerprint density at radius 1 is 1.47 bits per heavy atom. The van der Waals surface area contributed by atoms with Gasteiger partial charge in [-0.05, 0) is 35.0 Å². The summed E-state index contributed by atoms with van der Waals surface area (Å²) in [6, 6.07) is 3.56. The molecule has 0 atom stereocenters. The first-order valence-electron chi connectivity index (χ1n) is 4.98. The van der Waals surface area contributed by atoms with E-state index in [1.807, 2.05) is 6.92 Å². The largest absolute Gasteiger partial charge is 0.490 e. The van der Waals surface area contributed by atoms with Crippen molar-refractivity contribution in [2.75, 3.05) is 13.2 Å². The summed E-state index contributed by atoms with van der Waals surface area (Å²) in [5.74, 6) is 8.73. The molecule has 1 aromatic rings. The number of nitrogens with two attached hydrogens (primary N) is 1. The predicted octanol–water partition coefficient (Wildman–Crippen LogP) is 2.15. The predicted molar refractivity (Wildman–Crippen MR) is 71.4 cm³/mol. The first-order valence-corrected chi connectivity index (χ1v) is 5.78. The van der Waals surface area contributed by atoms with Crippen molar-refractivity contribution >= 4 is 22.1 Å². The van der Waals surface area contributed by atoms with Crippen molar-refractivity contribution in [2.24, 2.45) is 10.9 Å². The van der Waals surface area contributed by atoms with Crippen molar-refractivity contribution in [1.82, 2.24) is 0 Å². The lowest BCUT2D eigenvalue weighted by Crippen LogP contribution is -2.01. The Hall–Kier alpha value is -1.67. The molecule has 0 amide bonds. The van der Waals surface area contributed by atoms with Crippen LogP contribution in [0.1, 0.15) is 12.5 Å². The van der Waals surface area contributed by atoms with Crippen LogP contribution in [0.2, 0.25) is 0 Å². The van der Waals surface area contributed by atoms with Crippen LogP contribution in [-0.2, 0) is 0 Å². The van der Waals surface area contributed by atoms with Gasteiger partial charge in [0.25, 0.3) is 0 Å². The van der Waals surface area contributed by atoms with Gasteiger partial charge in [-0.15, -0.1) is 6.42 Å². The van der Waals surface area contributed by atoms with E-state index >= 15 is 0 Å². The molecule has 0 aliphatic heterocycles. The molecule has 2 N–H and O–H groups in total. The molecule has 0 radical (unpaired) electrons.